The fourth-order valence-electron chi connectivity index (χ4n) is 1.10. The SMILES string of the molecule is COC[C@H](C)NCCCCCN. The molecule has 12 heavy (non-hydrogen) atoms. The Labute approximate surface area is 75.7 Å². The fourth-order valence-corrected chi connectivity index (χ4v) is 1.10. The lowest BCUT2D eigenvalue weighted by molar-refractivity contribution is 0.172. The maximum absolute atomic E-state index is 5.38. The summed E-state index contributed by atoms with van der Waals surface area (Å²) in [4.78, 5) is 0. The summed E-state index contributed by atoms with van der Waals surface area (Å²) in [7, 11) is 1.73. The van der Waals surface area contributed by atoms with Crippen molar-refractivity contribution in [3.05, 3.63) is 0 Å². The van der Waals surface area contributed by atoms with Crippen molar-refractivity contribution in [2.45, 2.75) is 32.2 Å². The summed E-state index contributed by atoms with van der Waals surface area (Å²) >= 11 is 0. The third-order valence-corrected chi connectivity index (χ3v) is 1.79. The van der Waals surface area contributed by atoms with Crippen LogP contribution < -0.4 is 11.1 Å². The van der Waals surface area contributed by atoms with Crippen molar-refractivity contribution in [2.24, 2.45) is 5.73 Å². The molecule has 0 saturated heterocycles. The maximum atomic E-state index is 5.38. The predicted octanol–water partition coefficient (Wildman–Crippen LogP) is 0.740. The molecule has 0 heterocycles. The van der Waals surface area contributed by atoms with Crippen molar-refractivity contribution in [3.63, 3.8) is 0 Å². The van der Waals surface area contributed by atoms with Crippen LogP contribution in [0.15, 0.2) is 0 Å². The van der Waals surface area contributed by atoms with Crippen LogP contribution in [-0.2, 0) is 4.74 Å². The van der Waals surface area contributed by atoms with Gasteiger partial charge in [-0.05, 0) is 32.9 Å². The van der Waals surface area contributed by atoms with Gasteiger partial charge in [-0.1, -0.05) is 6.42 Å². The predicted molar refractivity (Wildman–Crippen MR) is 52.2 cm³/mol. The van der Waals surface area contributed by atoms with Crippen molar-refractivity contribution in [3.8, 4) is 0 Å². The van der Waals surface area contributed by atoms with E-state index in [-0.39, 0.29) is 0 Å². The molecule has 1 atom stereocenters. The molecular weight excluding hydrogens is 152 g/mol. The third kappa shape index (κ3) is 7.98. The van der Waals surface area contributed by atoms with Crippen LogP contribution in [0.1, 0.15) is 26.2 Å². The first-order chi connectivity index (χ1) is 5.81. The summed E-state index contributed by atoms with van der Waals surface area (Å²) in [6.45, 7) is 4.81. The lowest BCUT2D eigenvalue weighted by Crippen LogP contribution is -2.30. The van der Waals surface area contributed by atoms with Crippen molar-refractivity contribution >= 4 is 0 Å². The van der Waals surface area contributed by atoms with Crippen LogP contribution in [0.5, 0.6) is 0 Å². The van der Waals surface area contributed by atoms with Gasteiger partial charge in [0, 0.05) is 13.2 Å². The van der Waals surface area contributed by atoms with Gasteiger partial charge in [-0.25, -0.2) is 0 Å². The molecule has 0 fully saturated rings. The second-order valence-corrected chi connectivity index (χ2v) is 3.16. The first-order valence-electron chi connectivity index (χ1n) is 4.73. The number of methoxy groups -OCH3 is 1. The largest absolute Gasteiger partial charge is 0.383 e. The van der Waals surface area contributed by atoms with Crippen LogP contribution in [0, 0.1) is 0 Å². The van der Waals surface area contributed by atoms with Crippen molar-refractivity contribution in [1.29, 1.82) is 0 Å². The van der Waals surface area contributed by atoms with Gasteiger partial charge in [0.1, 0.15) is 0 Å². The van der Waals surface area contributed by atoms with Crippen LogP contribution in [0.3, 0.4) is 0 Å². The highest BCUT2D eigenvalue weighted by molar-refractivity contribution is 4.58. The van der Waals surface area contributed by atoms with E-state index in [0.717, 1.165) is 26.1 Å². The van der Waals surface area contributed by atoms with Gasteiger partial charge >= 0.3 is 0 Å². The van der Waals surface area contributed by atoms with E-state index < -0.39 is 0 Å². The number of rotatable bonds is 8. The molecule has 0 unspecified atom stereocenters. The van der Waals surface area contributed by atoms with Crippen molar-refractivity contribution in [1.82, 2.24) is 5.32 Å². The topological polar surface area (TPSA) is 47.3 Å². The van der Waals surface area contributed by atoms with Crippen molar-refractivity contribution < 1.29 is 4.74 Å². The first-order valence-corrected chi connectivity index (χ1v) is 4.73. The maximum Gasteiger partial charge on any atom is 0.0613 e. The van der Waals surface area contributed by atoms with Gasteiger partial charge in [0.05, 0.1) is 6.61 Å². The van der Waals surface area contributed by atoms with Crippen LogP contribution in [-0.4, -0.2) is 32.8 Å². The van der Waals surface area contributed by atoms with Gasteiger partial charge in [0.25, 0.3) is 0 Å². The average Bonchev–Trinajstić information content (AvgIpc) is 2.05. The summed E-state index contributed by atoms with van der Waals surface area (Å²) in [5, 5.41) is 3.38. The van der Waals surface area contributed by atoms with Crippen LogP contribution in [0.25, 0.3) is 0 Å². The molecule has 0 aliphatic rings. The third-order valence-electron chi connectivity index (χ3n) is 1.79. The number of hydrogen-bond donors (Lipinski definition) is 2. The minimum atomic E-state index is 0.466. The number of nitrogens with two attached hydrogens (primary N) is 1. The molecule has 0 spiro atoms. The van der Waals surface area contributed by atoms with Crippen molar-refractivity contribution in [2.75, 3.05) is 26.8 Å². The number of hydrogen-bond acceptors (Lipinski definition) is 3. The summed E-state index contributed by atoms with van der Waals surface area (Å²) in [5.74, 6) is 0. The molecule has 0 aromatic carbocycles. The lowest BCUT2D eigenvalue weighted by atomic mass is 10.2. The van der Waals surface area contributed by atoms with E-state index in [4.69, 9.17) is 10.5 Å². The number of unbranched alkanes of at least 4 members (excludes halogenated alkanes) is 2. The second-order valence-electron chi connectivity index (χ2n) is 3.16. The van der Waals surface area contributed by atoms with E-state index in [1.54, 1.807) is 7.11 Å². The molecule has 0 aromatic rings. The van der Waals surface area contributed by atoms with E-state index in [1.807, 2.05) is 0 Å². The Morgan fingerprint density at radius 2 is 2.08 bits per heavy atom. The smallest absolute Gasteiger partial charge is 0.0613 e. The van der Waals surface area contributed by atoms with Crippen LogP contribution in [0.4, 0.5) is 0 Å². The molecule has 74 valence electrons. The second kappa shape index (κ2) is 8.97. The molecule has 3 N–H and O–H groups in total. The standard InChI is InChI=1S/C9H22N2O/c1-9(8-12-2)11-7-5-3-4-6-10/h9,11H,3-8,10H2,1-2H3/t9-/m0/s1. The van der Waals surface area contributed by atoms with Gasteiger partial charge in [-0.3, -0.25) is 0 Å². The van der Waals surface area contributed by atoms with Gasteiger partial charge in [0.2, 0.25) is 0 Å². The molecule has 0 radical (unpaired) electrons. The van der Waals surface area contributed by atoms with Gasteiger partial charge in [0.15, 0.2) is 0 Å². The highest BCUT2D eigenvalue weighted by atomic mass is 16.5. The Balaban J connectivity index is 2.97. The zero-order chi connectivity index (χ0) is 9.23. The summed E-state index contributed by atoms with van der Waals surface area (Å²) in [6, 6.07) is 0.466. The van der Waals surface area contributed by atoms with Gasteiger partial charge in [-0.2, -0.15) is 0 Å². The number of nitrogens with one attached hydrogen (secondary N) is 1. The van der Waals surface area contributed by atoms with E-state index in [9.17, 15) is 0 Å². The van der Waals surface area contributed by atoms with E-state index >= 15 is 0 Å². The zero-order valence-electron chi connectivity index (χ0n) is 8.31. The minimum Gasteiger partial charge on any atom is -0.383 e. The molecule has 3 heteroatoms. The Morgan fingerprint density at radius 1 is 1.33 bits per heavy atom. The summed E-state index contributed by atoms with van der Waals surface area (Å²) in [5.41, 5.74) is 5.38. The first kappa shape index (κ1) is 11.9. The monoisotopic (exact) mass is 174 g/mol. The minimum absolute atomic E-state index is 0.466. The molecule has 0 amide bonds. The molecular formula is C9H22N2O. The zero-order valence-corrected chi connectivity index (χ0v) is 8.31. The quantitative estimate of drug-likeness (QED) is 0.534. The van der Waals surface area contributed by atoms with E-state index in [0.29, 0.717) is 6.04 Å². The van der Waals surface area contributed by atoms with Gasteiger partial charge < -0.3 is 15.8 Å². The molecule has 0 bridgehead atoms. The molecule has 0 saturated carbocycles. The highest BCUT2D eigenvalue weighted by Crippen LogP contribution is 1.92. The molecule has 0 aliphatic heterocycles. The Kier molecular flexibility index (Phi) is 8.88. The molecule has 3 nitrogen and oxygen atoms in total. The van der Waals surface area contributed by atoms with Crippen LogP contribution in [0.2, 0.25) is 0 Å². The average molecular weight is 174 g/mol. The lowest BCUT2D eigenvalue weighted by Gasteiger charge is -2.11. The highest BCUT2D eigenvalue weighted by Gasteiger charge is 1.97. The normalized spacial score (nSPS) is 13.2. The summed E-state index contributed by atoms with van der Waals surface area (Å²) < 4.78 is 5.00. The molecule has 0 aromatic heterocycles. The summed E-state index contributed by atoms with van der Waals surface area (Å²) in [6.07, 6.45) is 3.58. The van der Waals surface area contributed by atoms with Crippen LogP contribution >= 0.6 is 0 Å². The van der Waals surface area contributed by atoms with E-state index in [2.05, 4.69) is 12.2 Å². The van der Waals surface area contributed by atoms with E-state index in [1.165, 1.54) is 12.8 Å². The number of ether oxygens (including phenoxy) is 1. The van der Waals surface area contributed by atoms with Gasteiger partial charge in [-0.15, -0.1) is 0 Å². The fraction of sp³-hybridized carbons (Fsp3) is 1.00. The Morgan fingerprint density at radius 3 is 2.67 bits per heavy atom. The Bertz CT molecular complexity index is 88.6. The Hall–Kier alpha value is -0.120. The molecule has 0 rings (SSSR count). The molecule has 0 aliphatic carbocycles.